The van der Waals surface area contributed by atoms with Gasteiger partial charge in [0.25, 0.3) is 10.9 Å². The van der Waals surface area contributed by atoms with Crippen LogP contribution in [0.25, 0.3) is 11.5 Å². The Balaban J connectivity index is 1.89. The maximum atomic E-state index is 11.2. The van der Waals surface area contributed by atoms with Gasteiger partial charge in [-0.1, -0.05) is 17.7 Å². The highest BCUT2D eigenvalue weighted by Gasteiger charge is 2.20. The van der Waals surface area contributed by atoms with Gasteiger partial charge in [-0.25, -0.2) is 0 Å². The van der Waals surface area contributed by atoms with Gasteiger partial charge in [0.15, 0.2) is 0 Å². The minimum atomic E-state index is -0.737. The maximum absolute atomic E-state index is 11.2. The normalized spacial score (nSPS) is 10.6. The summed E-state index contributed by atoms with van der Waals surface area (Å²) in [4.78, 5) is 22.1. The van der Waals surface area contributed by atoms with E-state index in [-0.39, 0.29) is 21.4 Å². The van der Waals surface area contributed by atoms with Crippen LogP contribution in [0.15, 0.2) is 57.0 Å². The summed E-state index contributed by atoms with van der Waals surface area (Å²) in [5, 5.41) is 19.2. The van der Waals surface area contributed by atoms with Crippen molar-refractivity contribution in [1.82, 2.24) is 10.2 Å². The molecule has 8 nitrogen and oxygen atoms in total. The van der Waals surface area contributed by atoms with Crippen molar-refractivity contribution in [1.29, 1.82) is 0 Å². The second-order valence-corrected chi connectivity index (χ2v) is 6.14. The number of nitrogens with zero attached hydrogens (tertiary/aromatic N) is 3. The first kappa shape index (κ1) is 16.7. The Hall–Kier alpha value is -3.20. The van der Waals surface area contributed by atoms with Crippen molar-refractivity contribution < 1.29 is 14.1 Å². The fraction of sp³-hybridized carbons (Fsp3) is 0.0625. The van der Waals surface area contributed by atoms with Crippen molar-refractivity contribution in [3.63, 3.8) is 0 Å². The second kappa shape index (κ2) is 6.73. The summed E-state index contributed by atoms with van der Waals surface area (Å²) in [5.41, 5.74) is 6.81. The quantitative estimate of drug-likeness (QED) is 0.549. The van der Waals surface area contributed by atoms with Gasteiger partial charge < -0.3 is 10.2 Å². The Morgan fingerprint density at radius 1 is 1.20 bits per heavy atom. The lowest BCUT2D eigenvalue weighted by Crippen LogP contribution is -2.11. The molecule has 0 unspecified atom stereocenters. The summed E-state index contributed by atoms with van der Waals surface area (Å²) in [7, 11) is 0. The van der Waals surface area contributed by atoms with Crippen LogP contribution in [-0.4, -0.2) is 21.0 Å². The molecule has 1 aromatic heterocycles. The van der Waals surface area contributed by atoms with Gasteiger partial charge in [0.2, 0.25) is 11.8 Å². The number of benzene rings is 2. The van der Waals surface area contributed by atoms with E-state index in [0.717, 1.165) is 29.0 Å². The van der Waals surface area contributed by atoms with Gasteiger partial charge in [0, 0.05) is 17.2 Å². The second-order valence-electron chi connectivity index (χ2n) is 5.15. The summed E-state index contributed by atoms with van der Waals surface area (Å²) in [6, 6.07) is 11.5. The molecule has 0 atom stereocenters. The number of carbonyl (C=O) groups is 1. The fourth-order valence-corrected chi connectivity index (χ4v) is 2.82. The van der Waals surface area contributed by atoms with Gasteiger partial charge in [0.1, 0.15) is 0 Å². The predicted molar refractivity (Wildman–Crippen MR) is 90.2 cm³/mol. The minimum Gasteiger partial charge on any atom is -0.411 e. The van der Waals surface area contributed by atoms with Crippen molar-refractivity contribution in [2.75, 3.05) is 0 Å². The average molecular weight is 356 g/mol. The number of primary amides is 1. The number of amides is 1. The van der Waals surface area contributed by atoms with Crippen molar-refractivity contribution in [3.8, 4) is 11.5 Å². The largest absolute Gasteiger partial charge is 0.411 e. The van der Waals surface area contributed by atoms with Crippen molar-refractivity contribution >= 4 is 23.4 Å². The molecule has 0 spiro atoms. The number of hydrogen-bond donors (Lipinski definition) is 1. The van der Waals surface area contributed by atoms with Crippen LogP contribution in [0.1, 0.15) is 15.9 Å². The number of nitrogens with two attached hydrogens (primary N) is 1. The van der Waals surface area contributed by atoms with E-state index in [0.29, 0.717) is 5.89 Å². The average Bonchev–Trinajstić information content (AvgIpc) is 3.04. The maximum Gasteiger partial charge on any atom is 0.284 e. The van der Waals surface area contributed by atoms with Gasteiger partial charge in [-0.05, 0) is 43.0 Å². The van der Waals surface area contributed by atoms with Crippen molar-refractivity contribution in [3.05, 3.63) is 63.7 Å². The molecule has 0 aliphatic carbocycles. The summed E-state index contributed by atoms with van der Waals surface area (Å²) in [6.07, 6.45) is 0. The Labute approximate surface area is 146 Å². The van der Waals surface area contributed by atoms with Crippen molar-refractivity contribution in [2.45, 2.75) is 17.0 Å². The third-order valence-electron chi connectivity index (χ3n) is 3.34. The summed E-state index contributed by atoms with van der Waals surface area (Å²) in [6.45, 7) is 1.97. The zero-order valence-electron chi connectivity index (χ0n) is 13.0. The van der Waals surface area contributed by atoms with Crippen LogP contribution in [0.2, 0.25) is 0 Å². The van der Waals surface area contributed by atoms with E-state index in [1.54, 1.807) is 0 Å². The number of nitro benzene ring substituents is 1. The highest BCUT2D eigenvalue weighted by Crippen LogP contribution is 2.35. The molecule has 0 bridgehead atoms. The third-order valence-corrected chi connectivity index (χ3v) is 4.25. The van der Waals surface area contributed by atoms with Crippen LogP contribution >= 0.6 is 11.8 Å². The predicted octanol–water partition coefficient (Wildman–Crippen LogP) is 3.20. The third kappa shape index (κ3) is 3.66. The number of rotatable bonds is 5. The number of aryl methyl sites for hydroxylation is 1. The van der Waals surface area contributed by atoms with Crippen LogP contribution in [-0.2, 0) is 0 Å². The molecular formula is C16H12N4O4S. The fourth-order valence-electron chi connectivity index (χ4n) is 2.06. The SMILES string of the molecule is Cc1ccc(-c2nnc(Sc3ccc(C(N)=O)cc3[N+](=O)[O-])o2)cc1. The molecular weight excluding hydrogens is 344 g/mol. The molecule has 2 aromatic carbocycles. The Morgan fingerprint density at radius 2 is 1.92 bits per heavy atom. The number of aromatic nitrogens is 2. The molecule has 0 aliphatic heterocycles. The summed E-state index contributed by atoms with van der Waals surface area (Å²) < 4.78 is 5.55. The molecule has 0 saturated carbocycles. The van der Waals surface area contributed by atoms with Crippen molar-refractivity contribution in [2.24, 2.45) is 5.73 Å². The van der Waals surface area contributed by atoms with Crippen LogP contribution < -0.4 is 5.73 Å². The van der Waals surface area contributed by atoms with Crippen LogP contribution in [0, 0.1) is 17.0 Å². The molecule has 126 valence electrons. The molecule has 1 amide bonds. The van der Waals surface area contributed by atoms with Gasteiger partial charge >= 0.3 is 0 Å². The standard InChI is InChI=1S/C16H12N4O4S/c1-9-2-4-10(5-3-9)15-18-19-16(24-15)25-13-7-6-11(14(17)21)8-12(13)20(22)23/h2-8H,1H3,(H2,17,21). The lowest BCUT2D eigenvalue weighted by atomic mass is 10.1. The molecule has 3 aromatic rings. The lowest BCUT2D eigenvalue weighted by Gasteiger charge is -2.01. The first-order valence-electron chi connectivity index (χ1n) is 7.10. The summed E-state index contributed by atoms with van der Waals surface area (Å²) in [5.74, 6) is -0.419. The van der Waals surface area contributed by atoms with E-state index in [4.69, 9.17) is 10.2 Å². The Morgan fingerprint density at radius 3 is 2.56 bits per heavy atom. The summed E-state index contributed by atoms with van der Waals surface area (Å²) >= 11 is 0.948. The van der Waals surface area contributed by atoms with Crippen LogP contribution in [0.5, 0.6) is 0 Å². The Bertz CT molecular complexity index is 953. The molecule has 2 N–H and O–H groups in total. The number of carbonyl (C=O) groups excluding carboxylic acids is 1. The van der Waals surface area contributed by atoms with Crippen LogP contribution in [0.3, 0.4) is 0 Å². The van der Waals surface area contributed by atoms with Gasteiger partial charge in [-0.2, -0.15) is 0 Å². The van der Waals surface area contributed by atoms with Gasteiger partial charge in [-0.15, -0.1) is 10.2 Å². The molecule has 0 saturated heterocycles. The molecule has 0 radical (unpaired) electrons. The number of hydrogen-bond acceptors (Lipinski definition) is 7. The molecule has 1 heterocycles. The van der Waals surface area contributed by atoms with Gasteiger partial charge in [-0.3, -0.25) is 14.9 Å². The van der Waals surface area contributed by atoms with Gasteiger partial charge in [0.05, 0.1) is 9.82 Å². The van der Waals surface area contributed by atoms with E-state index < -0.39 is 10.8 Å². The highest BCUT2D eigenvalue weighted by atomic mass is 32.2. The van der Waals surface area contributed by atoms with E-state index in [1.807, 2.05) is 31.2 Å². The highest BCUT2D eigenvalue weighted by molar-refractivity contribution is 7.99. The van der Waals surface area contributed by atoms with E-state index >= 15 is 0 Å². The molecule has 3 rings (SSSR count). The molecule has 9 heteroatoms. The monoisotopic (exact) mass is 356 g/mol. The first-order chi connectivity index (χ1) is 11.9. The lowest BCUT2D eigenvalue weighted by molar-refractivity contribution is -0.387. The molecule has 25 heavy (non-hydrogen) atoms. The van der Waals surface area contributed by atoms with Crippen LogP contribution in [0.4, 0.5) is 5.69 Å². The van der Waals surface area contributed by atoms with E-state index in [9.17, 15) is 14.9 Å². The van der Waals surface area contributed by atoms with E-state index in [1.165, 1.54) is 12.1 Å². The zero-order chi connectivity index (χ0) is 18.0. The first-order valence-corrected chi connectivity index (χ1v) is 7.92. The van der Waals surface area contributed by atoms with E-state index in [2.05, 4.69) is 10.2 Å². The smallest absolute Gasteiger partial charge is 0.284 e. The molecule has 0 fully saturated rings. The molecule has 0 aliphatic rings. The minimum absolute atomic E-state index is 0.0573. The topological polar surface area (TPSA) is 125 Å². The zero-order valence-corrected chi connectivity index (χ0v) is 13.8. The number of nitro groups is 1. The Kier molecular flexibility index (Phi) is 4.48.